The minimum Gasteiger partial charge on any atom is -0.0652 e. The second-order valence-corrected chi connectivity index (χ2v) is 10.0. The highest BCUT2D eigenvalue weighted by atomic mass is 14.3. The average Bonchev–Trinajstić information content (AvgIpc) is 2.88. The fourth-order valence-corrected chi connectivity index (χ4v) is 5.62. The first kappa shape index (κ1) is 24.1. The quantitative estimate of drug-likeness (QED) is 0.261. The van der Waals surface area contributed by atoms with Gasteiger partial charge in [-0.3, -0.25) is 0 Å². The Morgan fingerprint density at radius 2 is 0.912 bits per heavy atom. The highest BCUT2D eigenvalue weighted by Gasteiger charge is 2.29. The molecule has 1 heteroatoms. The van der Waals surface area contributed by atoms with Gasteiger partial charge >= 0.3 is 0 Å². The van der Waals surface area contributed by atoms with Gasteiger partial charge in [-0.15, -0.1) is 0 Å². The summed E-state index contributed by atoms with van der Waals surface area (Å²) >= 11 is 0. The number of rotatable bonds is 6. The molecule has 0 aliphatic heterocycles. The van der Waals surface area contributed by atoms with Crippen LogP contribution in [0.2, 0.25) is 0 Å². The molecule has 34 heavy (non-hydrogen) atoms. The minimum absolute atomic E-state index is 0.212. The van der Waals surface area contributed by atoms with Crippen LogP contribution in [0.1, 0.15) is 54.5 Å². The molecule has 0 fully saturated rings. The maximum Gasteiger partial charge on any atom is 0.115 e. The summed E-state index contributed by atoms with van der Waals surface area (Å²) in [6.07, 6.45) is 2.32. The Bertz CT molecular complexity index is 1210. The Morgan fingerprint density at radius 3 is 1.29 bits per heavy atom. The summed E-state index contributed by atoms with van der Waals surface area (Å²) in [6.45, 7) is 14.0. The van der Waals surface area contributed by atoms with Crippen LogP contribution in [0, 0.1) is 27.7 Å². The second kappa shape index (κ2) is 9.67. The maximum atomic E-state index is 2.43. The van der Waals surface area contributed by atoms with E-state index in [9.17, 15) is 0 Å². The Morgan fingerprint density at radius 1 is 0.529 bits per heavy atom. The molecule has 0 saturated heterocycles. The van der Waals surface area contributed by atoms with E-state index >= 15 is 0 Å². The predicted molar refractivity (Wildman–Crippen MR) is 153 cm³/mol. The molecule has 0 aromatic heterocycles. The van der Waals surface area contributed by atoms with Crippen LogP contribution in [-0.2, 0) is 5.31 Å². The molecule has 0 aliphatic carbocycles. The lowest BCUT2D eigenvalue weighted by Gasteiger charge is -2.34. The second-order valence-electron chi connectivity index (χ2n) is 10.0. The van der Waals surface area contributed by atoms with Crippen LogP contribution in [0.3, 0.4) is 0 Å². The SMILES string of the molecule is BC(CC)(CC)c1c(C)c(C)c(-c2cc(-c3ccccc3)cc(-c3ccccc3)c2)c(C)c1C. The van der Waals surface area contributed by atoms with Gasteiger partial charge in [0.1, 0.15) is 7.85 Å². The largest absolute Gasteiger partial charge is 0.115 e. The van der Waals surface area contributed by atoms with Gasteiger partial charge in [-0.25, -0.2) is 0 Å². The van der Waals surface area contributed by atoms with Crippen LogP contribution in [0.25, 0.3) is 33.4 Å². The zero-order chi connectivity index (χ0) is 24.5. The van der Waals surface area contributed by atoms with Gasteiger partial charge in [-0.1, -0.05) is 87.4 Å². The molecule has 4 aromatic rings. The van der Waals surface area contributed by atoms with E-state index in [0.717, 1.165) is 12.8 Å². The van der Waals surface area contributed by atoms with Gasteiger partial charge in [0.15, 0.2) is 0 Å². The molecule has 4 rings (SSSR count). The van der Waals surface area contributed by atoms with Crippen molar-refractivity contribution in [1.82, 2.24) is 0 Å². The summed E-state index contributed by atoms with van der Waals surface area (Å²) in [6, 6.07) is 28.6. The van der Waals surface area contributed by atoms with Crippen LogP contribution < -0.4 is 0 Å². The molecule has 0 unspecified atom stereocenters. The highest BCUT2D eigenvalue weighted by molar-refractivity contribution is 6.16. The van der Waals surface area contributed by atoms with Crippen LogP contribution in [-0.4, -0.2) is 7.85 Å². The van der Waals surface area contributed by atoms with Crippen molar-refractivity contribution in [2.45, 2.75) is 59.7 Å². The van der Waals surface area contributed by atoms with Gasteiger partial charge in [-0.2, -0.15) is 0 Å². The topological polar surface area (TPSA) is 0 Å². The van der Waals surface area contributed by atoms with Crippen molar-refractivity contribution in [2.75, 3.05) is 0 Å². The van der Waals surface area contributed by atoms with E-state index in [0.29, 0.717) is 0 Å². The lowest BCUT2D eigenvalue weighted by Crippen LogP contribution is -2.28. The van der Waals surface area contributed by atoms with E-state index in [-0.39, 0.29) is 5.31 Å². The third kappa shape index (κ3) is 4.25. The number of hydrogen-bond donors (Lipinski definition) is 0. The molecular formula is C33H37B. The predicted octanol–water partition coefficient (Wildman–Crippen LogP) is 8.57. The van der Waals surface area contributed by atoms with Gasteiger partial charge in [0.25, 0.3) is 0 Å². The van der Waals surface area contributed by atoms with E-state index in [1.165, 1.54) is 55.6 Å². The molecule has 0 N–H and O–H groups in total. The third-order valence-corrected chi connectivity index (χ3v) is 8.23. The number of hydrogen-bond acceptors (Lipinski definition) is 0. The molecule has 0 radical (unpaired) electrons. The molecule has 0 saturated carbocycles. The Labute approximate surface area is 207 Å². The molecule has 0 bridgehead atoms. The van der Waals surface area contributed by atoms with Crippen molar-refractivity contribution < 1.29 is 0 Å². The average molecular weight is 444 g/mol. The lowest BCUT2D eigenvalue weighted by molar-refractivity contribution is 0.557. The molecule has 172 valence electrons. The Hall–Kier alpha value is -3.06. The summed E-state index contributed by atoms with van der Waals surface area (Å²) in [5.41, 5.74) is 15.0. The van der Waals surface area contributed by atoms with Crippen molar-refractivity contribution in [1.29, 1.82) is 0 Å². The summed E-state index contributed by atoms with van der Waals surface area (Å²) < 4.78 is 0. The van der Waals surface area contributed by atoms with Crippen LogP contribution >= 0.6 is 0 Å². The van der Waals surface area contributed by atoms with Crippen LogP contribution in [0.5, 0.6) is 0 Å². The lowest BCUT2D eigenvalue weighted by atomic mass is 9.58. The van der Waals surface area contributed by atoms with Crippen LogP contribution in [0.15, 0.2) is 78.9 Å². The molecular weight excluding hydrogens is 407 g/mol. The molecule has 0 heterocycles. The monoisotopic (exact) mass is 444 g/mol. The smallest absolute Gasteiger partial charge is 0.0652 e. The fraction of sp³-hybridized carbons (Fsp3) is 0.273. The first-order valence-corrected chi connectivity index (χ1v) is 12.7. The highest BCUT2D eigenvalue weighted by Crippen LogP contribution is 2.42. The third-order valence-electron chi connectivity index (χ3n) is 8.23. The van der Waals surface area contributed by atoms with Gasteiger partial charge in [0, 0.05) is 0 Å². The molecule has 0 nitrogen and oxygen atoms in total. The molecule has 0 spiro atoms. The number of benzene rings is 4. The summed E-state index contributed by atoms with van der Waals surface area (Å²) in [4.78, 5) is 0. The molecule has 0 amide bonds. The molecule has 4 aromatic carbocycles. The Kier molecular flexibility index (Phi) is 6.85. The van der Waals surface area contributed by atoms with E-state index in [1.807, 2.05) is 0 Å². The maximum absolute atomic E-state index is 2.43. The van der Waals surface area contributed by atoms with E-state index in [1.54, 1.807) is 5.56 Å². The van der Waals surface area contributed by atoms with E-state index in [2.05, 4.69) is 128 Å². The first-order valence-electron chi connectivity index (χ1n) is 12.7. The molecule has 0 aliphatic rings. The van der Waals surface area contributed by atoms with Crippen molar-refractivity contribution in [3.8, 4) is 33.4 Å². The fourth-order valence-electron chi connectivity index (χ4n) is 5.62. The Balaban J connectivity index is 2.01. The van der Waals surface area contributed by atoms with Gasteiger partial charge in [-0.05, 0) is 112 Å². The van der Waals surface area contributed by atoms with Crippen molar-refractivity contribution in [3.63, 3.8) is 0 Å². The molecule has 0 atom stereocenters. The van der Waals surface area contributed by atoms with Gasteiger partial charge in [0.05, 0.1) is 0 Å². The normalized spacial score (nSPS) is 11.6. The van der Waals surface area contributed by atoms with E-state index < -0.39 is 0 Å². The van der Waals surface area contributed by atoms with Crippen molar-refractivity contribution >= 4 is 7.85 Å². The minimum atomic E-state index is 0.212. The zero-order valence-electron chi connectivity index (χ0n) is 21.9. The standard InChI is InChI=1S/C33H37B/c1-7-33(34,8-2)32-24(5)22(3)31(23(4)25(32)6)30-20-28(26-15-11-9-12-16-26)19-29(21-30)27-17-13-10-14-18-27/h9-21H,7-8,34H2,1-6H3. The van der Waals surface area contributed by atoms with Crippen molar-refractivity contribution in [2.24, 2.45) is 0 Å². The summed E-state index contributed by atoms with van der Waals surface area (Å²) in [5, 5.41) is 0.212. The summed E-state index contributed by atoms with van der Waals surface area (Å²) in [7, 11) is 2.43. The zero-order valence-corrected chi connectivity index (χ0v) is 21.9. The van der Waals surface area contributed by atoms with Gasteiger partial charge in [0.2, 0.25) is 0 Å². The van der Waals surface area contributed by atoms with Gasteiger partial charge < -0.3 is 0 Å². The first-order chi connectivity index (χ1) is 16.3. The van der Waals surface area contributed by atoms with Crippen LogP contribution in [0.4, 0.5) is 0 Å². The van der Waals surface area contributed by atoms with Crippen molar-refractivity contribution in [3.05, 3.63) is 107 Å². The van der Waals surface area contributed by atoms with E-state index in [4.69, 9.17) is 0 Å². The summed E-state index contributed by atoms with van der Waals surface area (Å²) in [5.74, 6) is 0.